The van der Waals surface area contributed by atoms with Crippen molar-refractivity contribution in [3.05, 3.63) is 59.5 Å². The summed E-state index contributed by atoms with van der Waals surface area (Å²) in [6.45, 7) is 0. The van der Waals surface area contributed by atoms with E-state index in [1.165, 1.54) is 33.1 Å². The Balaban J connectivity index is 1.23. The summed E-state index contributed by atoms with van der Waals surface area (Å²) < 4.78 is 7.26. The Labute approximate surface area is 207 Å². The van der Waals surface area contributed by atoms with Crippen LogP contribution in [-0.4, -0.2) is 70.9 Å². The Morgan fingerprint density at radius 2 is 2.06 bits per heavy atom. The Morgan fingerprint density at radius 3 is 2.77 bits per heavy atom. The van der Waals surface area contributed by atoms with E-state index in [0.717, 1.165) is 5.56 Å². The molecule has 4 heterocycles. The lowest BCUT2D eigenvalue weighted by atomic mass is 10.0. The van der Waals surface area contributed by atoms with Gasteiger partial charge in [-0.15, -0.1) is 16.9 Å². The van der Waals surface area contributed by atoms with Crippen LogP contribution in [0.25, 0.3) is 11.3 Å². The lowest BCUT2D eigenvalue weighted by Gasteiger charge is -2.49. The molecule has 2 aliphatic rings. The average molecular weight is 513 g/mol. The maximum absolute atomic E-state index is 12.9. The quantitative estimate of drug-likeness (QED) is 0.337. The van der Waals surface area contributed by atoms with Crippen LogP contribution in [0, 0.1) is 0 Å². The molecule has 2 amide bonds. The highest BCUT2D eigenvalue weighted by Gasteiger charge is 2.54. The molecule has 1 aromatic carbocycles. The number of furan rings is 1. The first-order chi connectivity index (χ1) is 16.9. The first kappa shape index (κ1) is 23.2. The maximum atomic E-state index is 12.9. The van der Waals surface area contributed by atoms with Crippen molar-refractivity contribution in [2.75, 3.05) is 11.5 Å². The summed E-state index contributed by atoms with van der Waals surface area (Å²) in [4.78, 5) is 38.7. The second kappa shape index (κ2) is 9.58. The number of hydrogen-bond donors (Lipinski definition) is 2. The first-order valence-corrected chi connectivity index (χ1v) is 12.6. The number of β-lactam (4-membered cyclic amide) rings is 1. The number of aryl methyl sites for hydroxylation is 1. The van der Waals surface area contributed by atoms with Crippen LogP contribution in [0.3, 0.4) is 0 Å². The van der Waals surface area contributed by atoms with Crippen LogP contribution >= 0.6 is 23.5 Å². The van der Waals surface area contributed by atoms with Crippen molar-refractivity contribution >= 4 is 41.3 Å². The molecule has 2 aliphatic heterocycles. The van der Waals surface area contributed by atoms with E-state index in [9.17, 15) is 19.5 Å². The third-order valence-electron chi connectivity index (χ3n) is 5.58. The zero-order valence-corrected chi connectivity index (χ0v) is 20.1. The van der Waals surface area contributed by atoms with Gasteiger partial charge in [-0.05, 0) is 28.1 Å². The van der Waals surface area contributed by atoms with Crippen molar-refractivity contribution in [2.45, 2.75) is 23.0 Å². The molecule has 13 heteroatoms. The molecule has 0 bridgehead atoms. The number of carboxylic acid groups (broad SMARTS) is 1. The summed E-state index contributed by atoms with van der Waals surface area (Å²) in [5.41, 5.74) is 1.47. The van der Waals surface area contributed by atoms with Crippen molar-refractivity contribution in [3.63, 3.8) is 0 Å². The van der Waals surface area contributed by atoms with E-state index < -0.39 is 23.3 Å². The molecule has 11 nitrogen and oxygen atoms in total. The molecule has 2 N–H and O–H groups in total. The van der Waals surface area contributed by atoms with E-state index in [1.807, 2.05) is 30.3 Å². The fraction of sp³-hybridized carbons (Fsp3) is 0.273. The number of aliphatic carboxylic acids is 1. The van der Waals surface area contributed by atoms with Gasteiger partial charge in [-0.25, -0.2) is 9.48 Å². The SMILES string of the molecule is Cn1nnnc1SCC1=C(C(=O)O)N2C(=O)[C@@H](NC(=O)Cc3ccc(-c4ccccc4)o3)[C@H]2SC1. The normalized spacial score (nSPS) is 19.3. The first-order valence-electron chi connectivity index (χ1n) is 10.6. The van der Waals surface area contributed by atoms with Crippen molar-refractivity contribution in [3.8, 4) is 11.3 Å². The molecule has 3 aromatic rings. The number of nitrogens with one attached hydrogen (secondary N) is 1. The summed E-state index contributed by atoms with van der Waals surface area (Å²) in [7, 11) is 1.69. The van der Waals surface area contributed by atoms with Gasteiger partial charge in [0.2, 0.25) is 11.1 Å². The predicted molar refractivity (Wildman–Crippen MR) is 127 cm³/mol. The van der Waals surface area contributed by atoms with Gasteiger partial charge in [0.25, 0.3) is 5.91 Å². The lowest BCUT2D eigenvalue weighted by Crippen LogP contribution is -2.70. The number of tetrazole rings is 1. The number of amides is 2. The molecule has 0 unspecified atom stereocenters. The minimum absolute atomic E-state index is 0.0246. The fourth-order valence-corrected chi connectivity index (χ4v) is 6.24. The molecule has 2 atom stereocenters. The van der Waals surface area contributed by atoms with Crippen LogP contribution in [0.15, 0.2) is 63.3 Å². The van der Waals surface area contributed by atoms with Crippen molar-refractivity contribution in [2.24, 2.45) is 7.05 Å². The van der Waals surface area contributed by atoms with Crippen LogP contribution in [0.5, 0.6) is 0 Å². The van der Waals surface area contributed by atoms with E-state index in [0.29, 0.717) is 33.8 Å². The molecule has 0 spiro atoms. The minimum Gasteiger partial charge on any atom is -0.477 e. The molecule has 0 saturated carbocycles. The predicted octanol–water partition coefficient (Wildman–Crippen LogP) is 1.54. The van der Waals surface area contributed by atoms with E-state index >= 15 is 0 Å². The standard InChI is InChI=1S/C22H20N6O5S2/c1-27-22(24-25-26-27)35-11-13-10-34-20-17(19(30)28(20)18(13)21(31)32)23-16(29)9-14-7-8-15(33-14)12-5-3-2-4-6-12/h2-8,17,20H,9-11H2,1H3,(H,23,29)(H,31,32)/t17-,20-/m1/s1. The monoisotopic (exact) mass is 512 g/mol. The van der Waals surface area contributed by atoms with E-state index in [4.69, 9.17) is 4.42 Å². The number of hydrogen-bond acceptors (Lipinski definition) is 9. The Kier molecular flexibility index (Phi) is 6.34. The molecule has 1 fully saturated rings. The number of thioether (sulfide) groups is 2. The summed E-state index contributed by atoms with van der Waals surface area (Å²) in [5, 5.41) is 23.8. The van der Waals surface area contributed by atoms with E-state index in [1.54, 1.807) is 19.2 Å². The highest BCUT2D eigenvalue weighted by Crippen LogP contribution is 2.41. The van der Waals surface area contributed by atoms with Gasteiger partial charge in [-0.2, -0.15) is 0 Å². The number of carbonyl (C=O) groups excluding carboxylic acids is 2. The van der Waals surface area contributed by atoms with Crippen LogP contribution in [-0.2, 0) is 27.9 Å². The smallest absolute Gasteiger partial charge is 0.352 e. The molecule has 1 saturated heterocycles. The van der Waals surface area contributed by atoms with Gasteiger partial charge in [0.15, 0.2) is 0 Å². The van der Waals surface area contributed by atoms with Crippen LogP contribution < -0.4 is 5.32 Å². The summed E-state index contributed by atoms with van der Waals surface area (Å²) >= 11 is 2.72. The van der Waals surface area contributed by atoms with Gasteiger partial charge in [-0.3, -0.25) is 14.5 Å². The van der Waals surface area contributed by atoms with Gasteiger partial charge in [0.1, 0.15) is 28.6 Å². The molecule has 35 heavy (non-hydrogen) atoms. The summed E-state index contributed by atoms with van der Waals surface area (Å²) in [5.74, 6) is -0.109. The zero-order chi connectivity index (χ0) is 24.5. The van der Waals surface area contributed by atoms with Gasteiger partial charge in [0, 0.05) is 24.1 Å². The average Bonchev–Trinajstić information content (AvgIpc) is 3.49. The lowest BCUT2D eigenvalue weighted by molar-refractivity contribution is -0.150. The van der Waals surface area contributed by atoms with Crippen LogP contribution in [0.2, 0.25) is 0 Å². The van der Waals surface area contributed by atoms with Gasteiger partial charge >= 0.3 is 5.97 Å². The molecular weight excluding hydrogens is 492 g/mol. The number of benzene rings is 1. The van der Waals surface area contributed by atoms with E-state index in [2.05, 4.69) is 20.8 Å². The molecule has 5 rings (SSSR count). The highest BCUT2D eigenvalue weighted by molar-refractivity contribution is 8.01. The van der Waals surface area contributed by atoms with Gasteiger partial charge in [0.05, 0.1) is 6.42 Å². The second-order valence-corrected chi connectivity index (χ2v) is 9.94. The topological polar surface area (TPSA) is 143 Å². The summed E-state index contributed by atoms with van der Waals surface area (Å²) in [6.07, 6.45) is -0.0246. The third-order valence-corrected chi connectivity index (χ3v) is 8.01. The third kappa shape index (κ3) is 4.56. The number of carboxylic acids is 1. The molecular formula is C22H20N6O5S2. The minimum atomic E-state index is -1.18. The van der Waals surface area contributed by atoms with Crippen LogP contribution in [0.4, 0.5) is 0 Å². The highest BCUT2D eigenvalue weighted by atomic mass is 32.2. The molecule has 180 valence electrons. The fourth-order valence-electron chi connectivity index (χ4n) is 3.90. The van der Waals surface area contributed by atoms with Gasteiger partial charge < -0.3 is 14.8 Å². The second-order valence-electron chi connectivity index (χ2n) is 7.89. The Bertz CT molecular complexity index is 1320. The molecule has 0 radical (unpaired) electrons. The van der Waals surface area contributed by atoms with E-state index in [-0.39, 0.29) is 18.0 Å². The largest absolute Gasteiger partial charge is 0.477 e. The van der Waals surface area contributed by atoms with Crippen molar-refractivity contribution < 1.29 is 23.9 Å². The molecule has 2 aromatic heterocycles. The number of aromatic nitrogens is 4. The van der Waals surface area contributed by atoms with Gasteiger partial charge in [-0.1, -0.05) is 42.1 Å². The van der Waals surface area contributed by atoms with Crippen molar-refractivity contribution in [1.82, 2.24) is 30.4 Å². The van der Waals surface area contributed by atoms with Crippen molar-refractivity contribution in [1.29, 1.82) is 0 Å². The maximum Gasteiger partial charge on any atom is 0.352 e. The summed E-state index contributed by atoms with van der Waals surface area (Å²) in [6, 6.07) is 12.3. The molecule has 0 aliphatic carbocycles. The number of nitrogens with zero attached hydrogens (tertiary/aromatic N) is 5. The number of rotatable bonds is 8. The number of fused-ring (bicyclic) bond motifs is 1. The zero-order valence-electron chi connectivity index (χ0n) is 18.5. The Hall–Kier alpha value is -3.58. The Morgan fingerprint density at radius 1 is 1.26 bits per heavy atom. The van der Waals surface area contributed by atoms with Crippen LogP contribution in [0.1, 0.15) is 5.76 Å². The number of carbonyl (C=O) groups is 3.